The van der Waals surface area contributed by atoms with Gasteiger partial charge in [0.2, 0.25) is 0 Å². The van der Waals surface area contributed by atoms with Crippen LogP contribution in [0.5, 0.6) is 0 Å². The number of halogens is 6. The third-order valence-corrected chi connectivity index (χ3v) is 5.41. The Labute approximate surface area is 200 Å². The Bertz CT molecular complexity index is 1110. The molecule has 0 saturated carbocycles. The number of nitro groups is 1. The molecule has 0 radical (unpaired) electrons. The first-order valence-electron chi connectivity index (χ1n) is 10.2. The van der Waals surface area contributed by atoms with Gasteiger partial charge < -0.3 is 10.2 Å². The lowest BCUT2D eigenvalue weighted by Crippen LogP contribution is -2.34. The number of carbonyl (C=O) groups excluding carboxylic acids is 1. The number of alkyl halides is 6. The Morgan fingerprint density at radius 1 is 0.943 bits per heavy atom. The lowest BCUT2D eigenvalue weighted by atomic mass is 10.1. The number of hydrogen-bond acceptors (Lipinski definition) is 5. The summed E-state index contributed by atoms with van der Waals surface area (Å²) < 4.78 is 78.1. The van der Waals surface area contributed by atoms with Gasteiger partial charge in [-0.05, 0) is 61.8 Å². The Morgan fingerprint density at radius 3 is 2.03 bits per heavy atom. The van der Waals surface area contributed by atoms with Crippen molar-refractivity contribution in [3.05, 3.63) is 63.2 Å². The highest BCUT2D eigenvalue weighted by Crippen LogP contribution is 2.37. The fraction of sp³-hybridized carbons (Fsp3) is 0.333. The van der Waals surface area contributed by atoms with Gasteiger partial charge in [-0.3, -0.25) is 20.2 Å². The molecule has 3 rings (SSSR count). The Morgan fingerprint density at radius 2 is 1.51 bits per heavy atom. The van der Waals surface area contributed by atoms with E-state index in [2.05, 4.69) is 10.6 Å². The molecule has 7 nitrogen and oxygen atoms in total. The highest BCUT2D eigenvalue weighted by Gasteiger charge is 2.37. The van der Waals surface area contributed by atoms with Gasteiger partial charge in [0.25, 0.3) is 11.6 Å². The highest BCUT2D eigenvalue weighted by molar-refractivity contribution is 7.80. The number of piperidine rings is 1. The van der Waals surface area contributed by atoms with Gasteiger partial charge in [-0.15, -0.1) is 0 Å². The third-order valence-electron chi connectivity index (χ3n) is 5.20. The van der Waals surface area contributed by atoms with Crippen molar-refractivity contribution in [1.82, 2.24) is 5.32 Å². The van der Waals surface area contributed by atoms with Crippen LogP contribution in [-0.2, 0) is 12.4 Å². The molecule has 2 aromatic rings. The van der Waals surface area contributed by atoms with Crippen molar-refractivity contribution < 1.29 is 36.1 Å². The first-order valence-corrected chi connectivity index (χ1v) is 10.6. The summed E-state index contributed by atoms with van der Waals surface area (Å²) >= 11 is 4.85. The Kier molecular flexibility index (Phi) is 7.53. The van der Waals surface area contributed by atoms with Crippen LogP contribution in [0.1, 0.15) is 40.7 Å². The largest absolute Gasteiger partial charge is 0.416 e. The van der Waals surface area contributed by atoms with E-state index >= 15 is 0 Å². The highest BCUT2D eigenvalue weighted by atomic mass is 32.1. The number of benzene rings is 2. The van der Waals surface area contributed by atoms with Crippen molar-refractivity contribution in [2.24, 2.45) is 0 Å². The average Bonchev–Trinajstić information content (AvgIpc) is 2.77. The van der Waals surface area contributed by atoms with Gasteiger partial charge in [0.15, 0.2) is 5.11 Å². The van der Waals surface area contributed by atoms with Crippen LogP contribution in [0.25, 0.3) is 0 Å². The van der Waals surface area contributed by atoms with Crippen LogP contribution in [-0.4, -0.2) is 29.0 Å². The van der Waals surface area contributed by atoms with Crippen LogP contribution >= 0.6 is 12.2 Å². The molecule has 188 valence electrons. The standard InChI is InChI=1S/C21H18F6N4O3S/c22-20(23,24)13-9-14(21(25,26)27)11-15(10-13)28-19(35)29-18(32)12-4-5-16(17(8-12)31(33)34)30-6-2-1-3-7-30/h4-5,8-11H,1-3,6-7H2,(H2,28,29,32,35). The minimum atomic E-state index is -5.06. The molecule has 0 unspecified atom stereocenters. The normalized spacial score (nSPS) is 14.4. The first kappa shape index (κ1) is 26.2. The monoisotopic (exact) mass is 520 g/mol. The summed E-state index contributed by atoms with van der Waals surface area (Å²) in [4.78, 5) is 25.3. The maximum atomic E-state index is 13.0. The van der Waals surface area contributed by atoms with E-state index in [-0.39, 0.29) is 17.3 Å². The molecular formula is C21H18F6N4O3S. The lowest BCUT2D eigenvalue weighted by Gasteiger charge is -2.28. The first-order chi connectivity index (χ1) is 16.3. The second-order valence-electron chi connectivity index (χ2n) is 7.71. The van der Waals surface area contributed by atoms with E-state index in [0.29, 0.717) is 30.9 Å². The third kappa shape index (κ3) is 6.59. The number of rotatable bonds is 4. The van der Waals surface area contributed by atoms with E-state index in [4.69, 9.17) is 12.2 Å². The van der Waals surface area contributed by atoms with E-state index in [9.17, 15) is 41.3 Å². The molecule has 1 fully saturated rings. The molecule has 0 aromatic heterocycles. The van der Waals surface area contributed by atoms with Gasteiger partial charge >= 0.3 is 12.4 Å². The summed E-state index contributed by atoms with van der Waals surface area (Å²) in [6.07, 6.45) is -7.38. The zero-order valence-corrected chi connectivity index (χ0v) is 18.6. The molecule has 0 spiro atoms. The number of carbonyl (C=O) groups is 1. The minimum Gasteiger partial charge on any atom is -0.366 e. The summed E-state index contributed by atoms with van der Waals surface area (Å²) in [6.45, 7) is 1.24. The molecule has 0 atom stereocenters. The van der Waals surface area contributed by atoms with Crippen molar-refractivity contribution >= 4 is 40.3 Å². The molecule has 1 saturated heterocycles. The van der Waals surface area contributed by atoms with Crippen LogP contribution < -0.4 is 15.5 Å². The summed E-state index contributed by atoms with van der Waals surface area (Å²) in [5.74, 6) is -0.932. The number of nitro benzene ring substituents is 1. The molecule has 0 bridgehead atoms. The van der Waals surface area contributed by atoms with E-state index in [1.165, 1.54) is 12.1 Å². The molecule has 1 amide bonds. The van der Waals surface area contributed by atoms with E-state index < -0.39 is 45.1 Å². The molecule has 35 heavy (non-hydrogen) atoms. The molecule has 2 N–H and O–H groups in total. The van der Waals surface area contributed by atoms with E-state index in [1.807, 2.05) is 4.90 Å². The van der Waals surface area contributed by atoms with Gasteiger partial charge in [-0.25, -0.2) is 0 Å². The van der Waals surface area contributed by atoms with Crippen molar-refractivity contribution in [3.8, 4) is 0 Å². The van der Waals surface area contributed by atoms with Gasteiger partial charge in [0.05, 0.1) is 16.1 Å². The van der Waals surface area contributed by atoms with Crippen LogP contribution in [0.3, 0.4) is 0 Å². The minimum absolute atomic E-state index is 0.0458. The van der Waals surface area contributed by atoms with Crippen molar-refractivity contribution in [1.29, 1.82) is 0 Å². The summed E-state index contributed by atoms with van der Waals surface area (Å²) in [7, 11) is 0. The SMILES string of the molecule is O=C(NC(=S)Nc1cc(C(F)(F)F)cc(C(F)(F)F)c1)c1ccc(N2CCCCC2)c([N+](=O)[O-])c1. The number of amides is 1. The Balaban J connectivity index is 1.79. The topological polar surface area (TPSA) is 87.5 Å². The predicted octanol–water partition coefficient (Wildman–Crippen LogP) is 5.75. The van der Waals surface area contributed by atoms with Crippen LogP contribution in [0.4, 0.5) is 43.4 Å². The Hall–Kier alpha value is -3.42. The van der Waals surface area contributed by atoms with E-state index in [1.54, 1.807) is 0 Å². The van der Waals surface area contributed by atoms with Crippen molar-refractivity contribution in [2.45, 2.75) is 31.6 Å². The van der Waals surface area contributed by atoms with Crippen molar-refractivity contribution in [2.75, 3.05) is 23.3 Å². The van der Waals surface area contributed by atoms with Gasteiger partial charge in [0.1, 0.15) is 5.69 Å². The maximum Gasteiger partial charge on any atom is 0.416 e. The zero-order chi connectivity index (χ0) is 26.0. The summed E-state index contributed by atoms with van der Waals surface area (Å²) in [5, 5.41) is 15.2. The predicted molar refractivity (Wildman–Crippen MR) is 119 cm³/mol. The quantitative estimate of drug-likeness (QED) is 0.231. The summed E-state index contributed by atoms with van der Waals surface area (Å²) in [5.41, 5.74) is -3.91. The van der Waals surface area contributed by atoms with Gasteiger partial charge in [-0.1, -0.05) is 0 Å². The number of thiocarbonyl (C=S) groups is 1. The fourth-order valence-electron chi connectivity index (χ4n) is 3.58. The second kappa shape index (κ2) is 10.1. The molecular weight excluding hydrogens is 502 g/mol. The van der Waals surface area contributed by atoms with E-state index in [0.717, 1.165) is 25.3 Å². The fourth-order valence-corrected chi connectivity index (χ4v) is 3.79. The molecule has 1 aliphatic rings. The number of anilines is 2. The van der Waals surface area contributed by atoms with Crippen LogP contribution in [0.15, 0.2) is 36.4 Å². The number of nitrogens with zero attached hydrogens (tertiary/aromatic N) is 2. The maximum absolute atomic E-state index is 13.0. The number of nitrogens with one attached hydrogen (secondary N) is 2. The second-order valence-corrected chi connectivity index (χ2v) is 8.12. The lowest BCUT2D eigenvalue weighted by molar-refractivity contribution is -0.384. The zero-order valence-electron chi connectivity index (χ0n) is 17.8. The number of hydrogen-bond donors (Lipinski definition) is 2. The molecule has 1 aliphatic heterocycles. The van der Waals surface area contributed by atoms with Gasteiger partial charge in [0, 0.05) is 30.4 Å². The van der Waals surface area contributed by atoms with Crippen LogP contribution in [0, 0.1) is 10.1 Å². The average molecular weight is 520 g/mol. The van der Waals surface area contributed by atoms with Crippen molar-refractivity contribution in [3.63, 3.8) is 0 Å². The summed E-state index contributed by atoms with van der Waals surface area (Å²) in [6, 6.07) is 4.54. The molecule has 0 aliphatic carbocycles. The molecule has 14 heteroatoms. The molecule has 2 aromatic carbocycles. The van der Waals surface area contributed by atoms with Gasteiger partial charge in [-0.2, -0.15) is 26.3 Å². The van der Waals surface area contributed by atoms with Crippen LogP contribution in [0.2, 0.25) is 0 Å². The smallest absolute Gasteiger partial charge is 0.366 e. The molecule has 1 heterocycles.